The van der Waals surface area contributed by atoms with Crippen LogP contribution in [0.5, 0.6) is 0 Å². The molecule has 0 unspecified atom stereocenters. The van der Waals surface area contributed by atoms with E-state index in [2.05, 4.69) is 10.3 Å². The molecule has 0 saturated carbocycles. The van der Waals surface area contributed by atoms with Crippen molar-refractivity contribution in [2.24, 2.45) is 0 Å². The number of nitrogens with zero attached hydrogens (tertiary/aromatic N) is 2. The Morgan fingerprint density at radius 2 is 2.19 bits per heavy atom. The van der Waals surface area contributed by atoms with Gasteiger partial charge in [-0.1, -0.05) is 0 Å². The highest BCUT2D eigenvalue weighted by molar-refractivity contribution is 5.93. The Balaban J connectivity index is 2.12. The Bertz CT molecular complexity index is 556. The Kier molecular flexibility index (Phi) is 4.34. The van der Waals surface area contributed by atoms with Gasteiger partial charge in [0.25, 0.3) is 0 Å². The highest BCUT2D eigenvalue weighted by Crippen LogP contribution is 2.23. The SMILES string of the molecule is O=C(O)c1cc(NCC2(O)CCOCC2)ncc1[N+](=O)[O-]. The normalized spacial score (nSPS) is 17.2. The number of pyridine rings is 1. The molecule has 1 aromatic rings. The number of carboxylic acids is 1. The third kappa shape index (κ3) is 3.64. The molecule has 0 amide bonds. The second-order valence-corrected chi connectivity index (χ2v) is 4.84. The molecule has 1 aromatic heterocycles. The molecule has 3 N–H and O–H groups in total. The lowest BCUT2D eigenvalue weighted by molar-refractivity contribution is -0.385. The van der Waals surface area contributed by atoms with Crippen LogP contribution in [-0.4, -0.2) is 51.4 Å². The van der Waals surface area contributed by atoms with Crippen molar-refractivity contribution in [3.63, 3.8) is 0 Å². The minimum Gasteiger partial charge on any atom is -0.477 e. The van der Waals surface area contributed by atoms with Gasteiger partial charge < -0.3 is 20.3 Å². The van der Waals surface area contributed by atoms with Crippen molar-refractivity contribution in [3.05, 3.63) is 27.9 Å². The molecule has 9 nitrogen and oxygen atoms in total. The van der Waals surface area contributed by atoms with Crippen LogP contribution in [0, 0.1) is 10.1 Å². The molecule has 0 spiro atoms. The second kappa shape index (κ2) is 6.02. The molecule has 1 fully saturated rings. The van der Waals surface area contributed by atoms with Gasteiger partial charge in [-0.2, -0.15) is 0 Å². The van der Waals surface area contributed by atoms with Gasteiger partial charge in [-0.05, 0) is 0 Å². The third-order valence-corrected chi connectivity index (χ3v) is 3.33. The molecule has 0 aromatic carbocycles. The number of nitrogens with one attached hydrogen (secondary N) is 1. The molecule has 0 radical (unpaired) electrons. The van der Waals surface area contributed by atoms with Crippen molar-refractivity contribution in [1.82, 2.24) is 4.98 Å². The van der Waals surface area contributed by atoms with E-state index in [0.717, 1.165) is 12.3 Å². The van der Waals surface area contributed by atoms with Crippen molar-refractivity contribution in [1.29, 1.82) is 0 Å². The Morgan fingerprint density at radius 3 is 2.76 bits per heavy atom. The van der Waals surface area contributed by atoms with Crippen LogP contribution in [-0.2, 0) is 4.74 Å². The molecule has 1 aliphatic heterocycles. The summed E-state index contributed by atoms with van der Waals surface area (Å²) in [4.78, 5) is 24.7. The quantitative estimate of drug-likeness (QED) is 0.532. The van der Waals surface area contributed by atoms with Crippen molar-refractivity contribution in [2.45, 2.75) is 18.4 Å². The fraction of sp³-hybridized carbons (Fsp3) is 0.500. The fourth-order valence-electron chi connectivity index (χ4n) is 2.04. The summed E-state index contributed by atoms with van der Waals surface area (Å²) >= 11 is 0. The van der Waals surface area contributed by atoms with Crippen LogP contribution < -0.4 is 5.32 Å². The Labute approximate surface area is 119 Å². The van der Waals surface area contributed by atoms with Gasteiger partial charge in [0.2, 0.25) is 0 Å². The molecule has 0 aliphatic carbocycles. The molecule has 0 atom stereocenters. The first-order valence-corrected chi connectivity index (χ1v) is 6.33. The van der Waals surface area contributed by atoms with E-state index in [0.29, 0.717) is 26.1 Å². The number of aliphatic hydroxyl groups is 1. The van der Waals surface area contributed by atoms with E-state index in [-0.39, 0.29) is 12.4 Å². The van der Waals surface area contributed by atoms with E-state index in [1.807, 2.05) is 0 Å². The molecule has 2 heterocycles. The summed E-state index contributed by atoms with van der Waals surface area (Å²) in [6, 6.07) is 1.09. The van der Waals surface area contributed by atoms with Crippen LogP contribution in [0.2, 0.25) is 0 Å². The van der Waals surface area contributed by atoms with E-state index in [9.17, 15) is 20.0 Å². The maximum atomic E-state index is 11.0. The minimum absolute atomic E-state index is 0.165. The van der Waals surface area contributed by atoms with Gasteiger partial charge in [0, 0.05) is 38.7 Å². The summed E-state index contributed by atoms with van der Waals surface area (Å²) in [5, 5.41) is 32.8. The zero-order valence-corrected chi connectivity index (χ0v) is 11.1. The second-order valence-electron chi connectivity index (χ2n) is 4.84. The Morgan fingerprint density at radius 1 is 1.52 bits per heavy atom. The molecular weight excluding hydrogens is 282 g/mol. The zero-order chi connectivity index (χ0) is 15.5. The van der Waals surface area contributed by atoms with Crippen molar-refractivity contribution in [3.8, 4) is 0 Å². The highest BCUT2D eigenvalue weighted by Gasteiger charge is 2.30. The van der Waals surface area contributed by atoms with E-state index in [1.54, 1.807) is 0 Å². The number of aromatic nitrogens is 1. The molecule has 9 heteroatoms. The lowest BCUT2D eigenvalue weighted by Gasteiger charge is -2.32. The third-order valence-electron chi connectivity index (χ3n) is 3.33. The predicted octanol–water partition coefficient (Wildman–Crippen LogP) is 0.641. The van der Waals surface area contributed by atoms with E-state index < -0.39 is 27.7 Å². The van der Waals surface area contributed by atoms with Crippen molar-refractivity contribution >= 4 is 17.5 Å². The molecule has 1 aliphatic rings. The first kappa shape index (κ1) is 15.1. The molecule has 1 saturated heterocycles. The van der Waals surface area contributed by atoms with Gasteiger partial charge >= 0.3 is 11.7 Å². The number of aromatic carboxylic acids is 1. The summed E-state index contributed by atoms with van der Waals surface area (Å²) in [6.45, 7) is 1.07. The maximum Gasteiger partial charge on any atom is 0.342 e. The van der Waals surface area contributed by atoms with Crippen LogP contribution in [0.4, 0.5) is 11.5 Å². The van der Waals surface area contributed by atoms with Crippen molar-refractivity contribution in [2.75, 3.05) is 25.1 Å². The summed E-state index contributed by atoms with van der Waals surface area (Å²) in [5.41, 5.74) is -1.97. The van der Waals surface area contributed by atoms with Crippen LogP contribution in [0.3, 0.4) is 0 Å². The molecular formula is C12H15N3O6. The summed E-state index contributed by atoms with van der Waals surface area (Å²) < 4.78 is 5.15. The summed E-state index contributed by atoms with van der Waals surface area (Å²) in [6.07, 6.45) is 1.80. The lowest BCUT2D eigenvalue weighted by Crippen LogP contribution is -2.42. The Hall–Kier alpha value is -2.26. The van der Waals surface area contributed by atoms with Crippen LogP contribution in [0.25, 0.3) is 0 Å². The average molecular weight is 297 g/mol. The predicted molar refractivity (Wildman–Crippen MR) is 71.3 cm³/mol. The number of anilines is 1. The smallest absolute Gasteiger partial charge is 0.342 e. The van der Waals surface area contributed by atoms with Crippen LogP contribution in [0.15, 0.2) is 12.3 Å². The number of hydrogen-bond donors (Lipinski definition) is 3. The van der Waals surface area contributed by atoms with Crippen LogP contribution >= 0.6 is 0 Å². The van der Waals surface area contributed by atoms with Gasteiger partial charge in [0.1, 0.15) is 17.6 Å². The first-order chi connectivity index (χ1) is 9.91. The number of rotatable bonds is 5. The van der Waals surface area contributed by atoms with E-state index in [4.69, 9.17) is 9.84 Å². The van der Waals surface area contributed by atoms with Crippen molar-refractivity contribution < 1.29 is 24.7 Å². The van der Waals surface area contributed by atoms with Gasteiger partial charge in [-0.3, -0.25) is 10.1 Å². The van der Waals surface area contributed by atoms with Crippen LogP contribution in [0.1, 0.15) is 23.2 Å². The lowest BCUT2D eigenvalue weighted by atomic mass is 9.94. The summed E-state index contributed by atoms with van der Waals surface area (Å²) in [5.74, 6) is -1.24. The molecule has 21 heavy (non-hydrogen) atoms. The van der Waals surface area contributed by atoms with E-state index >= 15 is 0 Å². The minimum atomic E-state index is -1.41. The average Bonchev–Trinajstić information content (AvgIpc) is 2.45. The number of carboxylic acid groups (broad SMARTS) is 1. The topological polar surface area (TPSA) is 135 Å². The summed E-state index contributed by atoms with van der Waals surface area (Å²) in [7, 11) is 0. The number of carbonyl (C=O) groups is 1. The van der Waals surface area contributed by atoms with E-state index in [1.165, 1.54) is 0 Å². The molecule has 0 bridgehead atoms. The highest BCUT2D eigenvalue weighted by atomic mass is 16.6. The molecule has 2 rings (SSSR count). The number of nitro groups is 1. The van der Waals surface area contributed by atoms with Gasteiger partial charge in [-0.15, -0.1) is 0 Å². The van der Waals surface area contributed by atoms with Gasteiger partial charge in [0.15, 0.2) is 0 Å². The fourth-order valence-corrected chi connectivity index (χ4v) is 2.04. The van der Waals surface area contributed by atoms with Gasteiger partial charge in [-0.25, -0.2) is 9.78 Å². The monoisotopic (exact) mass is 297 g/mol. The number of ether oxygens (including phenoxy) is 1. The largest absolute Gasteiger partial charge is 0.477 e. The number of hydrogen-bond acceptors (Lipinski definition) is 7. The molecule has 114 valence electrons. The maximum absolute atomic E-state index is 11.0. The first-order valence-electron chi connectivity index (χ1n) is 6.33. The standard InChI is InChI=1S/C12H15N3O6/c16-11(17)8-5-10(13-6-9(8)15(19)20)14-7-12(18)1-3-21-4-2-12/h5-6,18H,1-4,7H2,(H,13,14)(H,16,17). The zero-order valence-electron chi connectivity index (χ0n) is 11.1. The van der Waals surface area contributed by atoms with Gasteiger partial charge in [0.05, 0.1) is 10.5 Å².